The molecular weight excluding hydrogens is 186 g/mol. The van der Waals surface area contributed by atoms with Gasteiger partial charge in [0.1, 0.15) is 0 Å². The van der Waals surface area contributed by atoms with Crippen molar-refractivity contribution in [2.24, 2.45) is 0 Å². The van der Waals surface area contributed by atoms with Gasteiger partial charge in [-0.1, -0.05) is 0 Å². The van der Waals surface area contributed by atoms with E-state index in [0.29, 0.717) is 0 Å². The Morgan fingerprint density at radius 1 is 1.67 bits per heavy atom. The summed E-state index contributed by atoms with van der Waals surface area (Å²) in [5, 5.41) is 0. The molecule has 0 unspecified atom stereocenters. The molecule has 0 amide bonds. The van der Waals surface area contributed by atoms with Gasteiger partial charge in [-0.25, -0.2) is 4.79 Å². The number of hydrogen-bond acceptors (Lipinski definition) is 3. The van der Waals surface area contributed by atoms with Crippen LogP contribution in [0, 0.1) is 0 Å². The highest BCUT2D eigenvalue weighted by atomic mass is 35.9. The summed E-state index contributed by atoms with van der Waals surface area (Å²) >= 11 is 9.82. The number of ether oxygens (including phenoxy) is 1. The zero-order chi connectivity index (χ0) is 7.49. The van der Waals surface area contributed by atoms with Gasteiger partial charge >= 0.3 is 11.6 Å². The molecule has 0 aliphatic heterocycles. The molecular formula is C3H5Cl2O3P. The molecule has 0 bridgehead atoms. The first-order valence-electron chi connectivity index (χ1n) is 2.15. The van der Waals surface area contributed by atoms with Crippen LogP contribution in [0.3, 0.4) is 0 Å². The molecule has 0 heterocycles. The van der Waals surface area contributed by atoms with E-state index in [-0.39, 0.29) is 6.61 Å². The van der Waals surface area contributed by atoms with Crippen molar-refractivity contribution in [1.29, 1.82) is 0 Å². The van der Waals surface area contributed by atoms with Crippen LogP contribution < -0.4 is 0 Å². The summed E-state index contributed by atoms with van der Waals surface area (Å²) in [7, 11) is 0. The first-order chi connectivity index (χ1) is 3.98. The predicted octanol–water partition coefficient (Wildman–Crippen LogP) is 2.81. The first-order valence-corrected chi connectivity index (χ1v) is 5.67. The quantitative estimate of drug-likeness (QED) is 0.630. The van der Waals surface area contributed by atoms with E-state index in [1.165, 1.54) is 0 Å². The molecule has 0 saturated carbocycles. The second kappa shape index (κ2) is 3.45. The Morgan fingerprint density at radius 3 is 2.22 bits per heavy atom. The minimum atomic E-state index is -3.69. The summed E-state index contributed by atoms with van der Waals surface area (Å²) < 4.78 is 14.6. The van der Waals surface area contributed by atoms with Crippen LogP contribution in [-0.4, -0.2) is 12.3 Å². The van der Waals surface area contributed by atoms with E-state index in [2.05, 4.69) is 4.74 Å². The second-order valence-electron chi connectivity index (χ2n) is 1.16. The van der Waals surface area contributed by atoms with Crippen LogP contribution in [0.1, 0.15) is 6.92 Å². The topological polar surface area (TPSA) is 43.4 Å². The zero-order valence-electron chi connectivity index (χ0n) is 4.63. The average molecular weight is 191 g/mol. The SMILES string of the molecule is CCOC(=O)P(=O)(Cl)Cl. The van der Waals surface area contributed by atoms with Crippen molar-refractivity contribution in [3.8, 4) is 0 Å². The Balaban J connectivity index is 3.90. The van der Waals surface area contributed by atoms with Crippen LogP contribution in [0.5, 0.6) is 0 Å². The monoisotopic (exact) mass is 190 g/mol. The van der Waals surface area contributed by atoms with E-state index in [0.717, 1.165) is 0 Å². The van der Waals surface area contributed by atoms with Crippen molar-refractivity contribution >= 4 is 34.0 Å². The van der Waals surface area contributed by atoms with Gasteiger partial charge in [0, 0.05) is 0 Å². The lowest BCUT2D eigenvalue weighted by molar-refractivity contribution is 0.179. The highest BCUT2D eigenvalue weighted by Gasteiger charge is 2.26. The molecule has 0 N–H and O–H groups in total. The van der Waals surface area contributed by atoms with Crippen LogP contribution in [0.4, 0.5) is 4.79 Å². The Hall–Kier alpha value is 0.280. The van der Waals surface area contributed by atoms with Crippen molar-refractivity contribution < 1.29 is 14.1 Å². The van der Waals surface area contributed by atoms with E-state index in [1.807, 2.05) is 0 Å². The van der Waals surface area contributed by atoms with Gasteiger partial charge in [-0.15, -0.1) is 0 Å². The van der Waals surface area contributed by atoms with Crippen LogP contribution >= 0.6 is 28.3 Å². The molecule has 0 fully saturated rings. The van der Waals surface area contributed by atoms with E-state index < -0.39 is 11.6 Å². The lowest BCUT2D eigenvalue weighted by Crippen LogP contribution is -1.95. The normalized spacial score (nSPS) is 11.0. The average Bonchev–Trinajstić information content (AvgIpc) is 1.64. The Kier molecular flexibility index (Phi) is 3.56. The van der Waals surface area contributed by atoms with Gasteiger partial charge < -0.3 is 4.74 Å². The summed E-state index contributed by atoms with van der Waals surface area (Å²) in [5.74, 6) is -3.69. The van der Waals surface area contributed by atoms with E-state index in [9.17, 15) is 9.36 Å². The Bertz CT molecular complexity index is 151. The predicted molar refractivity (Wildman–Crippen MR) is 36.3 cm³/mol. The van der Waals surface area contributed by atoms with Crippen LogP contribution in [0.25, 0.3) is 0 Å². The van der Waals surface area contributed by atoms with E-state index >= 15 is 0 Å². The van der Waals surface area contributed by atoms with E-state index in [1.54, 1.807) is 6.92 Å². The summed E-state index contributed by atoms with van der Waals surface area (Å²) in [6.45, 7) is 1.70. The van der Waals surface area contributed by atoms with Gasteiger partial charge in [0.25, 0.3) is 0 Å². The molecule has 0 atom stereocenters. The summed E-state index contributed by atoms with van der Waals surface area (Å²) in [4.78, 5) is 10.3. The Labute approximate surface area is 62.2 Å². The number of hydrogen-bond donors (Lipinski definition) is 0. The van der Waals surface area contributed by atoms with Crippen molar-refractivity contribution in [2.75, 3.05) is 6.61 Å². The van der Waals surface area contributed by atoms with Gasteiger partial charge in [0.05, 0.1) is 6.61 Å². The van der Waals surface area contributed by atoms with Gasteiger partial charge in [0.2, 0.25) is 0 Å². The molecule has 3 nitrogen and oxygen atoms in total. The minimum Gasteiger partial charge on any atom is -0.459 e. The highest BCUT2D eigenvalue weighted by molar-refractivity contribution is 8.18. The molecule has 0 aliphatic rings. The van der Waals surface area contributed by atoms with Crippen molar-refractivity contribution in [2.45, 2.75) is 6.92 Å². The molecule has 9 heavy (non-hydrogen) atoms. The first kappa shape index (κ1) is 9.28. The van der Waals surface area contributed by atoms with Crippen LogP contribution in [0.2, 0.25) is 0 Å². The number of carbonyl (C=O) groups excluding carboxylic acids is 1. The van der Waals surface area contributed by atoms with Gasteiger partial charge in [-0.3, -0.25) is 4.57 Å². The molecule has 54 valence electrons. The van der Waals surface area contributed by atoms with Crippen LogP contribution in [0.15, 0.2) is 0 Å². The van der Waals surface area contributed by atoms with Gasteiger partial charge in [-0.05, 0) is 29.4 Å². The summed E-state index contributed by atoms with van der Waals surface area (Å²) in [6.07, 6.45) is 0. The number of carbonyl (C=O) groups is 1. The van der Waals surface area contributed by atoms with Crippen LogP contribution in [-0.2, 0) is 9.30 Å². The third kappa shape index (κ3) is 3.79. The maximum Gasteiger partial charge on any atom is 0.395 e. The Morgan fingerprint density at radius 2 is 2.11 bits per heavy atom. The zero-order valence-corrected chi connectivity index (χ0v) is 7.04. The molecule has 6 heteroatoms. The van der Waals surface area contributed by atoms with Crippen molar-refractivity contribution in [1.82, 2.24) is 0 Å². The molecule has 0 spiro atoms. The maximum atomic E-state index is 10.4. The van der Waals surface area contributed by atoms with Gasteiger partial charge in [-0.2, -0.15) is 0 Å². The molecule has 0 aliphatic carbocycles. The molecule has 0 aromatic rings. The smallest absolute Gasteiger partial charge is 0.395 e. The standard InChI is InChI=1S/C3H5Cl2O3P/c1-2-8-3(6)9(4,5)7/h2H2,1H3. The second-order valence-corrected chi connectivity index (χ2v) is 5.83. The van der Waals surface area contributed by atoms with E-state index in [4.69, 9.17) is 22.5 Å². The summed E-state index contributed by atoms with van der Waals surface area (Å²) in [6, 6.07) is 0. The molecule has 0 aromatic carbocycles. The van der Waals surface area contributed by atoms with Crippen molar-refractivity contribution in [3.63, 3.8) is 0 Å². The number of halogens is 2. The van der Waals surface area contributed by atoms with Gasteiger partial charge in [0.15, 0.2) is 0 Å². The number of rotatable bonds is 2. The third-order valence-electron chi connectivity index (χ3n) is 0.480. The largest absolute Gasteiger partial charge is 0.459 e. The summed E-state index contributed by atoms with van der Waals surface area (Å²) in [5.41, 5.74) is -1.05. The van der Waals surface area contributed by atoms with Crippen molar-refractivity contribution in [3.05, 3.63) is 0 Å². The lowest BCUT2D eigenvalue weighted by atomic mass is 10.9. The minimum absolute atomic E-state index is 0.127. The fourth-order valence-corrected chi connectivity index (χ4v) is 0.771. The molecule has 0 radical (unpaired) electrons. The fraction of sp³-hybridized carbons (Fsp3) is 0.667. The molecule has 0 saturated heterocycles. The molecule has 0 rings (SSSR count). The maximum absolute atomic E-state index is 10.4. The fourth-order valence-electron chi connectivity index (χ4n) is 0.199. The third-order valence-corrected chi connectivity index (χ3v) is 1.86. The highest BCUT2D eigenvalue weighted by Crippen LogP contribution is 2.57. The molecule has 0 aromatic heterocycles. The lowest BCUT2D eigenvalue weighted by Gasteiger charge is -1.99.